The van der Waals surface area contributed by atoms with Gasteiger partial charge in [-0.1, -0.05) is 13.3 Å². The minimum absolute atomic E-state index is 0.236. The van der Waals surface area contributed by atoms with Gasteiger partial charge in [0.15, 0.2) is 0 Å². The summed E-state index contributed by atoms with van der Waals surface area (Å²) in [6.07, 6.45) is 9.01. The van der Waals surface area contributed by atoms with Gasteiger partial charge in [-0.2, -0.15) is 5.26 Å². The van der Waals surface area contributed by atoms with Crippen LogP contribution in [-0.2, 0) is 0 Å². The summed E-state index contributed by atoms with van der Waals surface area (Å²) in [5.74, 6) is 1.53. The van der Waals surface area contributed by atoms with Crippen LogP contribution in [0.2, 0.25) is 0 Å². The zero-order valence-electron chi connectivity index (χ0n) is 12.2. The third-order valence-electron chi connectivity index (χ3n) is 5.27. The van der Waals surface area contributed by atoms with Crippen LogP contribution in [0.1, 0.15) is 51.9 Å². The van der Waals surface area contributed by atoms with Crippen molar-refractivity contribution in [1.29, 1.82) is 5.26 Å². The molecule has 3 rings (SSSR count). The van der Waals surface area contributed by atoms with Gasteiger partial charge in [0, 0.05) is 12.6 Å². The van der Waals surface area contributed by atoms with E-state index in [0.29, 0.717) is 12.0 Å². The molecular formula is C16H27N3. The van der Waals surface area contributed by atoms with Gasteiger partial charge in [-0.25, -0.2) is 0 Å². The fourth-order valence-electron chi connectivity index (χ4n) is 3.53. The summed E-state index contributed by atoms with van der Waals surface area (Å²) in [6.45, 7) is 5.65. The molecule has 3 aliphatic rings. The molecule has 1 N–H and O–H groups in total. The number of hydrogen-bond donors (Lipinski definition) is 1. The number of hydrogen-bond acceptors (Lipinski definition) is 3. The standard InChI is InChI=1S/C16H27N3/c1-2-13-7-9-19(10-8-13)12-16(11-17,14-3-4-14)18-15-5-6-15/h13-15,18H,2-10,12H2,1H3. The molecule has 3 nitrogen and oxygen atoms in total. The molecule has 19 heavy (non-hydrogen) atoms. The van der Waals surface area contributed by atoms with Crippen LogP contribution in [0.4, 0.5) is 0 Å². The fourth-order valence-corrected chi connectivity index (χ4v) is 3.53. The molecule has 0 amide bonds. The summed E-state index contributed by atoms with van der Waals surface area (Å²) >= 11 is 0. The van der Waals surface area contributed by atoms with Crippen LogP contribution in [0.3, 0.4) is 0 Å². The summed E-state index contributed by atoms with van der Waals surface area (Å²) in [5.41, 5.74) is -0.236. The zero-order chi connectivity index (χ0) is 13.3. The Morgan fingerprint density at radius 1 is 1.16 bits per heavy atom. The van der Waals surface area contributed by atoms with Crippen LogP contribution < -0.4 is 5.32 Å². The van der Waals surface area contributed by atoms with Gasteiger partial charge in [0.1, 0.15) is 5.54 Å². The van der Waals surface area contributed by atoms with Crippen molar-refractivity contribution in [3.63, 3.8) is 0 Å². The lowest BCUT2D eigenvalue weighted by Crippen LogP contribution is -2.56. The van der Waals surface area contributed by atoms with E-state index in [-0.39, 0.29) is 5.54 Å². The summed E-state index contributed by atoms with van der Waals surface area (Å²) in [5, 5.41) is 13.4. The van der Waals surface area contributed by atoms with Gasteiger partial charge in [0.25, 0.3) is 0 Å². The molecule has 3 heteroatoms. The monoisotopic (exact) mass is 261 g/mol. The largest absolute Gasteiger partial charge is 0.300 e. The molecule has 3 fully saturated rings. The van der Waals surface area contributed by atoms with Crippen LogP contribution in [0.25, 0.3) is 0 Å². The van der Waals surface area contributed by atoms with Gasteiger partial charge in [0.05, 0.1) is 6.07 Å². The van der Waals surface area contributed by atoms with Crippen molar-refractivity contribution in [2.45, 2.75) is 63.5 Å². The molecule has 1 atom stereocenters. The Labute approximate surface area is 117 Å². The van der Waals surface area contributed by atoms with Crippen LogP contribution in [0, 0.1) is 23.2 Å². The molecule has 2 aliphatic carbocycles. The molecular weight excluding hydrogens is 234 g/mol. The Balaban J connectivity index is 1.59. The van der Waals surface area contributed by atoms with E-state index in [1.807, 2.05) is 0 Å². The maximum Gasteiger partial charge on any atom is 0.122 e. The molecule has 1 aliphatic heterocycles. The van der Waals surface area contributed by atoms with E-state index in [4.69, 9.17) is 0 Å². The minimum Gasteiger partial charge on any atom is -0.300 e. The molecule has 0 spiro atoms. The molecule has 1 saturated heterocycles. The van der Waals surface area contributed by atoms with Crippen LogP contribution in [-0.4, -0.2) is 36.1 Å². The third-order valence-corrected chi connectivity index (χ3v) is 5.27. The van der Waals surface area contributed by atoms with E-state index in [9.17, 15) is 5.26 Å². The lowest BCUT2D eigenvalue weighted by atomic mass is 9.90. The smallest absolute Gasteiger partial charge is 0.122 e. The predicted octanol–water partition coefficient (Wildman–Crippen LogP) is 2.53. The fraction of sp³-hybridized carbons (Fsp3) is 0.938. The van der Waals surface area contributed by atoms with Gasteiger partial charge in [-0.15, -0.1) is 0 Å². The van der Waals surface area contributed by atoms with E-state index >= 15 is 0 Å². The van der Waals surface area contributed by atoms with Crippen molar-refractivity contribution in [3.8, 4) is 6.07 Å². The molecule has 2 saturated carbocycles. The van der Waals surface area contributed by atoms with E-state index in [1.54, 1.807) is 0 Å². The molecule has 1 unspecified atom stereocenters. The van der Waals surface area contributed by atoms with Gasteiger partial charge in [-0.3, -0.25) is 5.32 Å². The number of nitrogens with one attached hydrogen (secondary N) is 1. The Kier molecular flexibility index (Phi) is 3.82. The molecule has 0 radical (unpaired) electrons. The molecule has 0 aromatic heterocycles. The normalized spacial score (nSPS) is 28.8. The first-order valence-electron chi connectivity index (χ1n) is 8.17. The second-order valence-electron chi connectivity index (χ2n) is 6.90. The van der Waals surface area contributed by atoms with Crippen LogP contribution >= 0.6 is 0 Å². The number of nitriles is 1. The topological polar surface area (TPSA) is 39.1 Å². The van der Waals surface area contributed by atoms with Crippen molar-refractivity contribution in [2.24, 2.45) is 11.8 Å². The lowest BCUT2D eigenvalue weighted by Gasteiger charge is -2.38. The van der Waals surface area contributed by atoms with Crippen LogP contribution in [0.15, 0.2) is 0 Å². The lowest BCUT2D eigenvalue weighted by molar-refractivity contribution is 0.140. The summed E-state index contributed by atoms with van der Waals surface area (Å²) in [6, 6.07) is 3.30. The van der Waals surface area contributed by atoms with E-state index in [1.165, 1.54) is 58.0 Å². The predicted molar refractivity (Wildman–Crippen MR) is 76.7 cm³/mol. The van der Waals surface area contributed by atoms with Gasteiger partial charge >= 0.3 is 0 Å². The Hall–Kier alpha value is -0.590. The SMILES string of the molecule is CCC1CCN(CC(C#N)(NC2CC2)C2CC2)CC1. The minimum atomic E-state index is -0.236. The van der Waals surface area contributed by atoms with Crippen molar-refractivity contribution >= 4 is 0 Å². The highest BCUT2D eigenvalue weighted by Gasteiger charge is 2.49. The first-order valence-corrected chi connectivity index (χ1v) is 8.17. The molecule has 1 heterocycles. The average Bonchev–Trinajstić information content (AvgIpc) is 3.31. The Morgan fingerprint density at radius 2 is 1.84 bits per heavy atom. The van der Waals surface area contributed by atoms with Gasteiger partial charge in [-0.05, 0) is 63.5 Å². The highest BCUT2D eigenvalue weighted by Crippen LogP contribution is 2.42. The summed E-state index contributed by atoms with van der Waals surface area (Å²) in [4.78, 5) is 2.54. The maximum atomic E-state index is 9.75. The second kappa shape index (κ2) is 5.42. The number of nitrogens with zero attached hydrogens (tertiary/aromatic N) is 2. The number of piperidine rings is 1. The van der Waals surface area contributed by atoms with Crippen molar-refractivity contribution in [2.75, 3.05) is 19.6 Å². The quantitative estimate of drug-likeness (QED) is 0.798. The first kappa shape index (κ1) is 13.4. The summed E-state index contributed by atoms with van der Waals surface area (Å²) < 4.78 is 0. The second-order valence-corrected chi connectivity index (χ2v) is 6.90. The van der Waals surface area contributed by atoms with Crippen molar-refractivity contribution in [1.82, 2.24) is 10.2 Å². The maximum absolute atomic E-state index is 9.75. The van der Waals surface area contributed by atoms with Crippen molar-refractivity contribution in [3.05, 3.63) is 0 Å². The van der Waals surface area contributed by atoms with E-state index in [0.717, 1.165) is 12.5 Å². The van der Waals surface area contributed by atoms with E-state index < -0.39 is 0 Å². The van der Waals surface area contributed by atoms with Gasteiger partial charge < -0.3 is 4.90 Å². The molecule has 0 aromatic carbocycles. The number of rotatable bonds is 6. The van der Waals surface area contributed by atoms with Gasteiger partial charge in [0.2, 0.25) is 0 Å². The Bertz CT molecular complexity index is 345. The van der Waals surface area contributed by atoms with Crippen molar-refractivity contribution < 1.29 is 0 Å². The summed E-state index contributed by atoms with van der Waals surface area (Å²) in [7, 11) is 0. The zero-order valence-corrected chi connectivity index (χ0v) is 12.2. The first-order chi connectivity index (χ1) is 9.25. The molecule has 106 valence electrons. The highest BCUT2D eigenvalue weighted by atomic mass is 15.2. The Morgan fingerprint density at radius 3 is 2.32 bits per heavy atom. The molecule has 0 aromatic rings. The third kappa shape index (κ3) is 3.12. The average molecular weight is 261 g/mol. The molecule has 0 bridgehead atoms. The van der Waals surface area contributed by atoms with E-state index in [2.05, 4.69) is 23.2 Å². The van der Waals surface area contributed by atoms with Crippen LogP contribution in [0.5, 0.6) is 0 Å². The number of likely N-dealkylation sites (tertiary alicyclic amines) is 1. The highest BCUT2D eigenvalue weighted by molar-refractivity contribution is 5.18.